The summed E-state index contributed by atoms with van der Waals surface area (Å²) in [6.45, 7) is 2.28. The molecule has 0 bridgehead atoms. The molecule has 0 fully saturated rings. The number of imidazole rings is 1. The number of rotatable bonds is 6. The summed E-state index contributed by atoms with van der Waals surface area (Å²) in [5.41, 5.74) is 8.24. The topological polar surface area (TPSA) is 114 Å². The highest BCUT2D eigenvalue weighted by atomic mass is 19.1. The molecule has 2 heterocycles. The van der Waals surface area contributed by atoms with Gasteiger partial charge in [-0.25, -0.2) is 9.37 Å². The number of nitrogens with two attached hydrogens (primary N) is 1. The van der Waals surface area contributed by atoms with Crippen LogP contribution < -0.4 is 16.4 Å². The van der Waals surface area contributed by atoms with Gasteiger partial charge >= 0.3 is 0 Å². The van der Waals surface area contributed by atoms with Gasteiger partial charge in [0.1, 0.15) is 5.82 Å². The van der Waals surface area contributed by atoms with Crippen LogP contribution in [0.3, 0.4) is 0 Å². The molecule has 0 spiro atoms. The van der Waals surface area contributed by atoms with E-state index in [0.717, 1.165) is 0 Å². The minimum Gasteiger partial charge on any atom is -0.398 e. The average molecular weight is 345 g/mol. The van der Waals surface area contributed by atoms with Crippen LogP contribution in [0.2, 0.25) is 0 Å². The summed E-state index contributed by atoms with van der Waals surface area (Å²) in [5, 5.41) is 15.5. The molecule has 2 aromatic heterocycles. The van der Waals surface area contributed by atoms with Crippen molar-refractivity contribution < 1.29 is 9.50 Å². The first kappa shape index (κ1) is 16.9. The number of aryl methyl sites for hydroxylation is 1. The first-order valence-corrected chi connectivity index (χ1v) is 7.83. The van der Waals surface area contributed by atoms with Crippen LogP contribution in [0.5, 0.6) is 0 Å². The van der Waals surface area contributed by atoms with Crippen molar-refractivity contribution in [3.63, 3.8) is 0 Å². The molecule has 0 saturated carbocycles. The van der Waals surface area contributed by atoms with Crippen molar-refractivity contribution in [1.82, 2.24) is 19.5 Å². The number of fused-ring (bicyclic) bond motifs is 1. The molecular weight excluding hydrogens is 325 g/mol. The molecule has 0 aliphatic heterocycles. The summed E-state index contributed by atoms with van der Waals surface area (Å²) in [7, 11) is 1.83. The summed E-state index contributed by atoms with van der Waals surface area (Å²) in [6.07, 6.45) is 1.11. The zero-order valence-corrected chi connectivity index (χ0v) is 14.0. The number of aromatic nitrogens is 4. The van der Waals surface area contributed by atoms with Gasteiger partial charge in [0.25, 0.3) is 0 Å². The van der Waals surface area contributed by atoms with E-state index in [2.05, 4.69) is 25.6 Å². The molecule has 0 aliphatic rings. The third-order valence-corrected chi connectivity index (χ3v) is 3.67. The highest BCUT2D eigenvalue weighted by molar-refractivity contribution is 5.84. The van der Waals surface area contributed by atoms with E-state index >= 15 is 0 Å². The number of benzene rings is 1. The molecule has 132 valence electrons. The maximum atomic E-state index is 13.4. The van der Waals surface area contributed by atoms with Gasteiger partial charge in [0.2, 0.25) is 5.95 Å². The van der Waals surface area contributed by atoms with E-state index in [-0.39, 0.29) is 5.82 Å². The van der Waals surface area contributed by atoms with Crippen LogP contribution in [-0.2, 0) is 13.6 Å². The largest absolute Gasteiger partial charge is 0.398 e. The lowest BCUT2D eigenvalue weighted by molar-refractivity contribution is 0.208. The number of anilines is 3. The number of hydrogen-bond donors (Lipinski definition) is 4. The molecule has 0 amide bonds. The lowest BCUT2D eigenvalue weighted by atomic mass is 10.2. The number of halogens is 1. The van der Waals surface area contributed by atoms with E-state index in [1.807, 2.05) is 7.05 Å². The van der Waals surface area contributed by atoms with Crippen molar-refractivity contribution in [2.45, 2.75) is 19.6 Å². The number of nitrogens with zero attached hydrogens (tertiary/aromatic N) is 4. The van der Waals surface area contributed by atoms with Gasteiger partial charge in [0, 0.05) is 25.8 Å². The Bertz CT molecular complexity index is 894. The highest BCUT2D eigenvalue weighted by Gasteiger charge is 2.13. The zero-order valence-electron chi connectivity index (χ0n) is 14.0. The minimum absolute atomic E-state index is 0.294. The fraction of sp³-hybridized carbons (Fsp3) is 0.312. The second kappa shape index (κ2) is 6.89. The molecular formula is C16H20FN7O. The van der Waals surface area contributed by atoms with Gasteiger partial charge in [-0.05, 0) is 30.7 Å². The first-order valence-electron chi connectivity index (χ1n) is 7.83. The molecule has 0 saturated heterocycles. The van der Waals surface area contributed by atoms with Crippen LogP contribution in [0, 0.1) is 5.82 Å². The number of nitrogen functional groups attached to an aromatic ring is 1. The fourth-order valence-electron chi connectivity index (χ4n) is 2.35. The number of nitrogens with one attached hydrogen (secondary N) is 2. The van der Waals surface area contributed by atoms with Crippen LogP contribution in [0.1, 0.15) is 12.5 Å². The lowest BCUT2D eigenvalue weighted by Crippen LogP contribution is -2.17. The van der Waals surface area contributed by atoms with E-state index in [0.29, 0.717) is 47.3 Å². The van der Waals surface area contributed by atoms with Crippen LogP contribution in [0.15, 0.2) is 24.5 Å². The third kappa shape index (κ3) is 3.77. The third-order valence-electron chi connectivity index (χ3n) is 3.67. The number of aliphatic hydroxyl groups is 1. The predicted molar refractivity (Wildman–Crippen MR) is 94.6 cm³/mol. The van der Waals surface area contributed by atoms with E-state index in [4.69, 9.17) is 5.73 Å². The molecule has 1 aromatic carbocycles. The molecule has 8 nitrogen and oxygen atoms in total. The fourth-order valence-corrected chi connectivity index (χ4v) is 2.35. The van der Waals surface area contributed by atoms with Crippen molar-refractivity contribution in [2.75, 3.05) is 22.9 Å². The summed E-state index contributed by atoms with van der Waals surface area (Å²) < 4.78 is 15.2. The number of hydrogen-bond acceptors (Lipinski definition) is 7. The second-order valence-corrected chi connectivity index (χ2v) is 5.85. The summed E-state index contributed by atoms with van der Waals surface area (Å²) in [6, 6.07) is 4.22. The van der Waals surface area contributed by atoms with Crippen molar-refractivity contribution in [2.24, 2.45) is 7.05 Å². The Hall–Kier alpha value is -2.94. The summed E-state index contributed by atoms with van der Waals surface area (Å²) >= 11 is 0. The van der Waals surface area contributed by atoms with Gasteiger partial charge in [0.15, 0.2) is 17.0 Å². The van der Waals surface area contributed by atoms with Gasteiger partial charge in [-0.1, -0.05) is 0 Å². The normalized spacial score (nSPS) is 12.3. The molecule has 25 heavy (non-hydrogen) atoms. The van der Waals surface area contributed by atoms with Gasteiger partial charge in [-0.15, -0.1) is 0 Å². The van der Waals surface area contributed by atoms with Crippen LogP contribution in [0.25, 0.3) is 11.2 Å². The quantitative estimate of drug-likeness (QED) is 0.500. The van der Waals surface area contributed by atoms with E-state index in [1.165, 1.54) is 18.2 Å². The zero-order chi connectivity index (χ0) is 18.0. The van der Waals surface area contributed by atoms with E-state index in [9.17, 15) is 9.50 Å². The SMILES string of the molecule is CC(O)CNc1nc(NCc2cc(F)ccc2N)c2ncn(C)c2n1. The molecule has 5 N–H and O–H groups in total. The van der Waals surface area contributed by atoms with Crippen molar-refractivity contribution in [3.05, 3.63) is 35.9 Å². The second-order valence-electron chi connectivity index (χ2n) is 5.85. The molecule has 1 unspecified atom stereocenters. The Labute approximate surface area is 143 Å². The maximum Gasteiger partial charge on any atom is 0.226 e. The molecule has 3 aromatic rings. The average Bonchev–Trinajstić information content (AvgIpc) is 2.95. The van der Waals surface area contributed by atoms with Gasteiger partial charge in [-0.3, -0.25) is 0 Å². The Balaban J connectivity index is 1.89. The lowest BCUT2D eigenvalue weighted by Gasteiger charge is -2.12. The monoisotopic (exact) mass is 345 g/mol. The Morgan fingerprint density at radius 1 is 1.32 bits per heavy atom. The summed E-state index contributed by atoms with van der Waals surface area (Å²) in [5.74, 6) is 0.519. The van der Waals surface area contributed by atoms with E-state index in [1.54, 1.807) is 17.8 Å². The van der Waals surface area contributed by atoms with Gasteiger partial charge < -0.3 is 26.0 Å². The molecule has 0 aliphatic carbocycles. The minimum atomic E-state index is -0.533. The standard InChI is InChI=1S/C16H20FN7O/c1-9(25)6-20-16-22-14(13-15(23-16)24(2)8-21-13)19-7-10-5-11(17)3-4-12(10)18/h3-5,8-9,25H,6-7,18H2,1-2H3,(H2,19,20,22,23). The van der Waals surface area contributed by atoms with Crippen LogP contribution >= 0.6 is 0 Å². The molecule has 3 rings (SSSR count). The van der Waals surface area contributed by atoms with Crippen LogP contribution in [0.4, 0.5) is 21.8 Å². The van der Waals surface area contributed by atoms with E-state index < -0.39 is 6.10 Å². The van der Waals surface area contributed by atoms with Crippen molar-refractivity contribution in [3.8, 4) is 0 Å². The molecule has 0 radical (unpaired) electrons. The molecule has 1 atom stereocenters. The van der Waals surface area contributed by atoms with Crippen LogP contribution in [-0.4, -0.2) is 37.3 Å². The van der Waals surface area contributed by atoms with Crippen molar-refractivity contribution >= 4 is 28.6 Å². The summed E-state index contributed by atoms with van der Waals surface area (Å²) in [4.78, 5) is 13.1. The molecule has 9 heteroatoms. The predicted octanol–water partition coefficient (Wildman–Crippen LogP) is 1.49. The number of aliphatic hydroxyl groups excluding tert-OH is 1. The first-order chi connectivity index (χ1) is 11.9. The maximum absolute atomic E-state index is 13.4. The Morgan fingerprint density at radius 2 is 2.12 bits per heavy atom. The highest BCUT2D eigenvalue weighted by Crippen LogP contribution is 2.22. The Morgan fingerprint density at radius 3 is 2.88 bits per heavy atom. The van der Waals surface area contributed by atoms with Gasteiger partial charge in [0.05, 0.1) is 12.4 Å². The Kier molecular flexibility index (Phi) is 4.66. The van der Waals surface area contributed by atoms with Gasteiger partial charge in [-0.2, -0.15) is 9.97 Å². The van der Waals surface area contributed by atoms with Crippen molar-refractivity contribution in [1.29, 1.82) is 0 Å². The smallest absolute Gasteiger partial charge is 0.226 e.